The van der Waals surface area contributed by atoms with E-state index >= 15 is 0 Å². The molecule has 1 heterocycles. The molecule has 0 radical (unpaired) electrons. The van der Waals surface area contributed by atoms with Gasteiger partial charge in [-0.05, 0) is 58.2 Å². The summed E-state index contributed by atoms with van der Waals surface area (Å²) in [4.78, 5) is 38.1. The molecule has 8 nitrogen and oxygen atoms in total. The molecule has 0 unspecified atom stereocenters. The van der Waals surface area contributed by atoms with Crippen molar-refractivity contribution in [3.05, 3.63) is 67.6 Å². The third-order valence-corrected chi connectivity index (χ3v) is 7.21. The Morgan fingerprint density at radius 2 is 2.00 bits per heavy atom. The van der Waals surface area contributed by atoms with Crippen LogP contribution in [0.5, 0.6) is 5.75 Å². The number of aryl methyl sites for hydroxylation is 1. The minimum Gasteiger partial charge on any atom is -0.496 e. The first-order valence-electron chi connectivity index (χ1n) is 10.2. The highest BCUT2D eigenvalue weighted by Crippen LogP contribution is 2.42. The van der Waals surface area contributed by atoms with E-state index < -0.39 is 23.7 Å². The molecule has 2 atom stereocenters. The van der Waals surface area contributed by atoms with Crippen molar-refractivity contribution >= 4 is 62.8 Å². The topological polar surface area (TPSA) is 118 Å². The van der Waals surface area contributed by atoms with Gasteiger partial charge in [0.25, 0.3) is 0 Å². The zero-order valence-corrected chi connectivity index (χ0v) is 22.1. The van der Waals surface area contributed by atoms with E-state index in [9.17, 15) is 19.6 Å². The highest BCUT2D eigenvalue weighted by molar-refractivity contribution is 9.10. The summed E-state index contributed by atoms with van der Waals surface area (Å²) in [6, 6.07) is 12.3. The molecule has 1 aliphatic heterocycles. The highest BCUT2D eigenvalue weighted by atomic mass is 79.9. The Labute approximate surface area is 220 Å². The number of carbonyl (C=O) groups is 3. The molecule has 0 saturated carbocycles. The van der Waals surface area contributed by atoms with Crippen LogP contribution in [0, 0.1) is 24.2 Å². The van der Waals surface area contributed by atoms with Gasteiger partial charge in [0.1, 0.15) is 11.7 Å². The van der Waals surface area contributed by atoms with E-state index in [2.05, 4.69) is 32.6 Å². The standard InChI is InChI=1S/C24H21BrClN3O5S/c1-12-4-6-14(26)9-17(12)28-19(30)11-35-23-15(10-27)20(21(22(31)29-23)24(32)34-3)13-5-7-18(33-2)16(25)8-13/h4-9,20-21H,11H2,1-3H3,(H,28,30)(H,29,31)/t20-,21+/m0/s1. The smallest absolute Gasteiger partial charge is 0.319 e. The zero-order valence-electron chi connectivity index (χ0n) is 19.0. The summed E-state index contributed by atoms with van der Waals surface area (Å²) in [5.74, 6) is -3.47. The van der Waals surface area contributed by atoms with E-state index in [-0.39, 0.29) is 22.3 Å². The van der Waals surface area contributed by atoms with E-state index in [4.69, 9.17) is 21.1 Å². The molecule has 0 bridgehead atoms. The van der Waals surface area contributed by atoms with Crippen LogP contribution < -0.4 is 15.4 Å². The molecular weight excluding hydrogens is 558 g/mol. The van der Waals surface area contributed by atoms with Crippen LogP contribution in [-0.2, 0) is 19.1 Å². The molecule has 11 heteroatoms. The molecule has 35 heavy (non-hydrogen) atoms. The number of amides is 2. The number of nitrogens with one attached hydrogen (secondary N) is 2. The molecule has 0 spiro atoms. The van der Waals surface area contributed by atoms with E-state index in [1.165, 1.54) is 14.2 Å². The highest BCUT2D eigenvalue weighted by Gasteiger charge is 2.44. The van der Waals surface area contributed by atoms with Crippen molar-refractivity contribution < 1.29 is 23.9 Å². The van der Waals surface area contributed by atoms with E-state index in [1.807, 2.05) is 6.92 Å². The van der Waals surface area contributed by atoms with Crippen molar-refractivity contribution in [2.75, 3.05) is 25.3 Å². The second-order valence-corrected chi connectivity index (χ2v) is 9.79. The minimum absolute atomic E-state index is 0.0886. The molecule has 0 saturated heterocycles. The first-order valence-corrected chi connectivity index (χ1v) is 12.4. The normalized spacial score (nSPS) is 17.3. The van der Waals surface area contributed by atoms with Gasteiger partial charge in [-0.15, -0.1) is 0 Å². The van der Waals surface area contributed by atoms with Gasteiger partial charge < -0.3 is 20.1 Å². The maximum Gasteiger partial charge on any atom is 0.319 e. The van der Waals surface area contributed by atoms with E-state index in [0.29, 0.717) is 26.5 Å². The Bertz CT molecular complexity index is 1260. The maximum absolute atomic E-state index is 13.0. The summed E-state index contributed by atoms with van der Waals surface area (Å²) in [6.07, 6.45) is 0. The fourth-order valence-electron chi connectivity index (χ4n) is 3.61. The molecule has 2 N–H and O–H groups in total. The van der Waals surface area contributed by atoms with Crippen molar-refractivity contribution in [2.45, 2.75) is 12.8 Å². The van der Waals surface area contributed by atoms with Crippen LogP contribution in [-0.4, -0.2) is 37.8 Å². The summed E-state index contributed by atoms with van der Waals surface area (Å²) >= 11 is 10.4. The van der Waals surface area contributed by atoms with Crippen molar-refractivity contribution in [1.82, 2.24) is 5.32 Å². The second kappa shape index (κ2) is 11.6. The minimum atomic E-state index is -1.28. The lowest BCUT2D eigenvalue weighted by molar-refractivity contribution is -0.150. The first-order chi connectivity index (χ1) is 16.7. The number of nitrogens with zero attached hydrogens (tertiary/aromatic N) is 1. The first kappa shape index (κ1) is 26.6. The third-order valence-electron chi connectivity index (χ3n) is 5.34. The van der Waals surface area contributed by atoms with Gasteiger partial charge in [0, 0.05) is 16.6 Å². The lowest BCUT2D eigenvalue weighted by Crippen LogP contribution is -2.44. The van der Waals surface area contributed by atoms with Gasteiger partial charge in [0.2, 0.25) is 11.8 Å². The van der Waals surface area contributed by atoms with Crippen LogP contribution >= 0.6 is 39.3 Å². The number of hydrogen-bond acceptors (Lipinski definition) is 7. The number of anilines is 1. The molecule has 1 aliphatic rings. The zero-order chi connectivity index (χ0) is 25.7. The predicted molar refractivity (Wildman–Crippen MR) is 137 cm³/mol. The van der Waals surface area contributed by atoms with Crippen molar-refractivity contribution in [2.24, 2.45) is 5.92 Å². The molecule has 0 aliphatic carbocycles. The third kappa shape index (κ3) is 5.99. The van der Waals surface area contributed by atoms with Crippen molar-refractivity contribution in [3.63, 3.8) is 0 Å². The summed E-state index contributed by atoms with van der Waals surface area (Å²) in [6.45, 7) is 1.83. The fraction of sp³-hybridized carbons (Fsp3) is 0.250. The van der Waals surface area contributed by atoms with Gasteiger partial charge in [-0.3, -0.25) is 14.4 Å². The van der Waals surface area contributed by atoms with E-state index in [0.717, 1.165) is 17.3 Å². The average molecular weight is 579 g/mol. The molecule has 3 rings (SSSR count). The average Bonchev–Trinajstić information content (AvgIpc) is 2.83. The van der Waals surface area contributed by atoms with Crippen LogP contribution in [0.3, 0.4) is 0 Å². The fourth-order valence-corrected chi connectivity index (χ4v) is 5.19. The van der Waals surface area contributed by atoms with Gasteiger partial charge in [-0.25, -0.2) is 0 Å². The molecule has 0 aromatic heterocycles. The molecule has 2 aromatic rings. The van der Waals surface area contributed by atoms with E-state index in [1.54, 1.807) is 36.4 Å². The monoisotopic (exact) mass is 577 g/mol. The largest absolute Gasteiger partial charge is 0.496 e. The Balaban J connectivity index is 1.93. The Kier molecular flexibility index (Phi) is 8.83. The number of methoxy groups -OCH3 is 2. The number of rotatable bonds is 7. The summed E-state index contributed by atoms with van der Waals surface area (Å²) in [7, 11) is 2.69. The number of carbonyl (C=O) groups excluding carboxylic acids is 3. The molecule has 182 valence electrons. The summed E-state index contributed by atoms with van der Waals surface area (Å²) in [5.41, 5.74) is 2.09. The number of esters is 1. The number of ether oxygens (including phenoxy) is 2. The Hall–Kier alpha value is -3.00. The number of nitriles is 1. The van der Waals surface area contributed by atoms with Gasteiger partial charge in [0.05, 0.1) is 41.1 Å². The van der Waals surface area contributed by atoms with Crippen LogP contribution in [0.4, 0.5) is 5.69 Å². The quantitative estimate of drug-likeness (QED) is 0.366. The Morgan fingerprint density at radius 3 is 2.63 bits per heavy atom. The maximum atomic E-state index is 13.0. The van der Waals surface area contributed by atoms with Crippen LogP contribution in [0.2, 0.25) is 5.02 Å². The van der Waals surface area contributed by atoms with Gasteiger partial charge >= 0.3 is 5.97 Å². The van der Waals surface area contributed by atoms with Gasteiger partial charge in [-0.1, -0.05) is 35.5 Å². The van der Waals surface area contributed by atoms with Crippen LogP contribution in [0.25, 0.3) is 0 Å². The molecule has 0 fully saturated rings. The van der Waals surface area contributed by atoms with Crippen molar-refractivity contribution in [1.29, 1.82) is 5.26 Å². The number of hydrogen-bond donors (Lipinski definition) is 2. The summed E-state index contributed by atoms with van der Waals surface area (Å²) < 4.78 is 10.7. The lowest BCUT2D eigenvalue weighted by atomic mass is 9.78. The van der Waals surface area contributed by atoms with Gasteiger partial charge in [-0.2, -0.15) is 5.26 Å². The number of allylic oxidation sites excluding steroid dienone is 1. The van der Waals surface area contributed by atoms with Crippen LogP contribution in [0.1, 0.15) is 17.0 Å². The van der Waals surface area contributed by atoms with Crippen molar-refractivity contribution in [3.8, 4) is 11.8 Å². The van der Waals surface area contributed by atoms with Crippen LogP contribution in [0.15, 0.2) is 51.5 Å². The number of thioether (sulfide) groups is 1. The molecule has 2 amide bonds. The molecule has 2 aromatic carbocycles. The Morgan fingerprint density at radius 1 is 1.26 bits per heavy atom. The molecular formula is C24H21BrClN3O5S. The SMILES string of the molecule is COC(=O)[C@H]1C(=O)NC(SCC(=O)Nc2cc(Cl)ccc2C)=C(C#N)[C@@H]1c1ccc(OC)c(Br)c1. The second-order valence-electron chi connectivity index (χ2n) is 7.51. The lowest BCUT2D eigenvalue weighted by Gasteiger charge is -2.31. The predicted octanol–water partition coefficient (Wildman–Crippen LogP) is 4.53. The summed E-state index contributed by atoms with van der Waals surface area (Å²) in [5, 5.41) is 16.1. The van der Waals surface area contributed by atoms with Gasteiger partial charge in [0.15, 0.2) is 0 Å². The number of benzene rings is 2. The number of halogens is 2.